The van der Waals surface area contributed by atoms with Crippen molar-refractivity contribution in [1.29, 1.82) is 0 Å². The summed E-state index contributed by atoms with van der Waals surface area (Å²) in [5.74, 6) is 0.291. The number of allylic oxidation sites excluding steroid dienone is 3. The first kappa shape index (κ1) is 11.7. The molecule has 1 N–H and O–H groups in total. The van der Waals surface area contributed by atoms with E-state index in [1.54, 1.807) is 18.2 Å². The van der Waals surface area contributed by atoms with Crippen molar-refractivity contribution in [2.75, 3.05) is 0 Å². The molecule has 88 valence electrons. The van der Waals surface area contributed by atoms with Crippen LogP contribution in [-0.2, 0) is 0 Å². The lowest BCUT2D eigenvalue weighted by atomic mass is 9.98. The molecule has 0 radical (unpaired) electrons. The van der Waals surface area contributed by atoms with Gasteiger partial charge in [-0.25, -0.2) is 0 Å². The predicted octanol–water partition coefficient (Wildman–Crippen LogP) is 4.55. The molecule has 2 rings (SSSR count). The summed E-state index contributed by atoms with van der Waals surface area (Å²) in [6.07, 6.45) is 13.2. The first-order valence-electron chi connectivity index (χ1n) is 6.11. The Bertz CT molecular complexity index is 466. The van der Waals surface area contributed by atoms with Crippen molar-refractivity contribution in [1.82, 2.24) is 0 Å². The Labute approximate surface area is 103 Å². The Morgan fingerprint density at radius 3 is 2.59 bits per heavy atom. The lowest BCUT2D eigenvalue weighted by Crippen LogP contribution is -1.88. The van der Waals surface area contributed by atoms with Gasteiger partial charge in [-0.1, -0.05) is 36.5 Å². The van der Waals surface area contributed by atoms with E-state index in [0.29, 0.717) is 5.75 Å². The molecule has 0 bridgehead atoms. The second-order valence-electron chi connectivity index (χ2n) is 4.42. The number of aromatic hydroxyl groups is 1. The van der Waals surface area contributed by atoms with Crippen molar-refractivity contribution in [2.45, 2.75) is 25.7 Å². The molecule has 1 aromatic rings. The number of benzene rings is 1. The summed E-state index contributed by atoms with van der Waals surface area (Å²) in [7, 11) is 0. The SMILES string of the molecule is C=Cc1cc(O)cc(/C=C/C2=CCCCC2)c1. The van der Waals surface area contributed by atoms with Gasteiger partial charge in [0.15, 0.2) is 0 Å². The lowest BCUT2D eigenvalue weighted by molar-refractivity contribution is 0.475. The fourth-order valence-electron chi connectivity index (χ4n) is 2.09. The Hall–Kier alpha value is -1.76. The average Bonchev–Trinajstić information content (AvgIpc) is 2.37. The van der Waals surface area contributed by atoms with Gasteiger partial charge in [-0.05, 0) is 55.0 Å². The molecule has 0 heterocycles. The maximum atomic E-state index is 9.57. The van der Waals surface area contributed by atoms with E-state index in [1.165, 1.54) is 31.3 Å². The quantitative estimate of drug-likeness (QED) is 0.801. The highest BCUT2D eigenvalue weighted by Gasteiger charge is 2.00. The molecule has 1 nitrogen and oxygen atoms in total. The van der Waals surface area contributed by atoms with Crippen LogP contribution in [0.2, 0.25) is 0 Å². The summed E-state index contributed by atoms with van der Waals surface area (Å²) in [5.41, 5.74) is 3.37. The second kappa shape index (κ2) is 5.53. The van der Waals surface area contributed by atoms with Crippen LogP contribution in [0.5, 0.6) is 5.75 Å². The molecule has 0 saturated carbocycles. The summed E-state index contributed by atoms with van der Waals surface area (Å²) >= 11 is 0. The molecule has 0 unspecified atom stereocenters. The summed E-state index contributed by atoms with van der Waals surface area (Å²) < 4.78 is 0. The standard InChI is InChI=1S/C16H18O/c1-2-13-10-15(12-16(17)11-13)9-8-14-6-4-3-5-7-14/h2,6,8-12,17H,1,3-5,7H2/b9-8+. The van der Waals surface area contributed by atoms with Crippen LogP contribution in [0.1, 0.15) is 36.8 Å². The van der Waals surface area contributed by atoms with Gasteiger partial charge in [0.2, 0.25) is 0 Å². The minimum atomic E-state index is 0.291. The normalized spacial score (nSPS) is 15.9. The predicted molar refractivity (Wildman–Crippen MR) is 73.8 cm³/mol. The molecule has 0 saturated heterocycles. The molecule has 1 aliphatic carbocycles. The Kier molecular flexibility index (Phi) is 3.81. The highest BCUT2D eigenvalue weighted by Crippen LogP contribution is 2.21. The fourth-order valence-corrected chi connectivity index (χ4v) is 2.09. The Morgan fingerprint density at radius 1 is 1.06 bits per heavy atom. The Balaban J connectivity index is 2.17. The summed E-state index contributed by atoms with van der Waals surface area (Å²) in [5, 5.41) is 9.57. The molecule has 1 aliphatic rings. The molecule has 0 atom stereocenters. The molecule has 17 heavy (non-hydrogen) atoms. The van der Waals surface area contributed by atoms with E-state index in [4.69, 9.17) is 0 Å². The molecule has 0 amide bonds. The van der Waals surface area contributed by atoms with E-state index in [1.807, 2.05) is 6.07 Å². The van der Waals surface area contributed by atoms with Crippen LogP contribution in [0, 0.1) is 0 Å². The van der Waals surface area contributed by atoms with Gasteiger partial charge in [-0.2, -0.15) is 0 Å². The van der Waals surface area contributed by atoms with E-state index in [0.717, 1.165) is 11.1 Å². The van der Waals surface area contributed by atoms with E-state index in [9.17, 15) is 5.11 Å². The number of hydrogen-bond acceptors (Lipinski definition) is 1. The number of phenols is 1. The molecular weight excluding hydrogens is 208 g/mol. The van der Waals surface area contributed by atoms with Crippen molar-refractivity contribution in [3.63, 3.8) is 0 Å². The van der Waals surface area contributed by atoms with Crippen molar-refractivity contribution in [3.8, 4) is 5.75 Å². The molecule has 0 aliphatic heterocycles. The van der Waals surface area contributed by atoms with Gasteiger partial charge in [0.05, 0.1) is 0 Å². The first-order chi connectivity index (χ1) is 8.28. The summed E-state index contributed by atoms with van der Waals surface area (Å²) in [6.45, 7) is 3.72. The van der Waals surface area contributed by atoms with Gasteiger partial charge in [-0.3, -0.25) is 0 Å². The smallest absolute Gasteiger partial charge is 0.116 e. The van der Waals surface area contributed by atoms with Crippen LogP contribution in [0.15, 0.2) is 42.5 Å². The van der Waals surface area contributed by atoms with Crippen LogP contribution < -0.4 is 0 Å². The molecule has 1 aromatic carbocycles. The van der Waals surface area contributed by atoms with Crippen LogP contribution in [0.4, 0.5) is 0 Å². The third-order valence-corrected chi connectivity index (χ3v) is 3.01. The fraction of sp³-hybridized carbons (Fsp3) is 0.250. The minimum Gasteiger partial charge on any atom is -0.508 e. The van der Waals surface area contributed by atoms with Gasteiger partial charge in [-0.15, -0.1) is 0 Å². The zero-order chi connectivity index (χ0) is 12.1. The molecular formula is C16H18O. The largest absolute Gasteiger partial charge is 0.508 e. The van der Waals surface area contributed by atoms with E-state index < -0.39 is 0 Å². The van der Waals surface area contributed by atoms with Crippen molar-refractivity contribution in [2.24, 2.45) is 0 Å². The highest BCUT2D eigenvalue weighted by atomic mass is 16.3. The van der Waals surface area contributed by atoms with Gasteiger partial charge in [0, 0.05) is 0 Å². The van der Waals surface area contributed by atoms with Gasteiger partial charge >= 0.3 is 0 Å². The van der Waals surface area contributed by atoms with Crippen LogP contribution in [0.25, 0.3) is 12.2 Å². The first-order valence-corrected chi connectivity index (χ1v) is 6.11. The topological polar surface area (TPSA) is 20.2 Å². The zero-order valence-corrected chi connectivity index (χ0v) is 10.0. The monoisotopic (exact) mass is 226 g/mol. The zero-order valence-electron chi connectivity index (χ0n) is 10.0. The van der Waals surface area contributed by atoms with Crippen molar-refractivity contribution in [3.05, 3.63) is 53.6 Å². The van der Waals surface area contributed by atoms with Crippen LogP contribution in [-0.4, -0.2) is 5.11 Å². The van der Waals surface area contributed by atoms with Gasteiger partial charge in [0.1, 0.15) is 5.75 Å². The molecule has 0 fully saturated rings. The Morgan fingerprint density at radius 2 is 1.88 bits per heavy atom. The third kappa shape index (κ3) is 3.35. The molecule has 1 heteroatoms. The molecule has 0 spiro atoms. The van der Waals surface area contributed by atoms with Crippen LogP contribution in [0.3, 0.4) is 0 Å². The van der Waals surface area contributed by atoms with Crippen LogP contribution >= 0.6 is 0 Å². The number of rotatable bonds is 3. The maximum absolute atomic E-state index is 9.57. The summed E-state index contributed by atoms with van der Waals surface area (Å²) in [6, 6.07) is 5.50. The van der Waals surface area contributed by atoms with Crippen molar-refractivity contribution >= 4 is 12.2 Å². The highest BCUT2D eigenvalue weighted by molar-refractivity contribution is 5.61. The van der Waals surface area contributed by atoms with Crippen molar-refractivity contribution < 1.29 is 5.11 Å². The van der Waals surface area contributed by atoms with Gasteiger partial charge in [0.25, 0.3) is 0 Å². The van der Waals surface area contributed by atoms with E-state index in [-0.39, 0.29) is 0 Å². The summed E-state index contributed by atoms with van der Waals surface area (Å²) in [4.78, 5) is 0. The number of phenolic OH excluding ortho intramolecular Hbond substituents is 1. The second-order valence-corrected chi connectivity index (χ2v) is 4.42. The van der Waals surface area contributed by atoms with Gasteiger partial charge < -0.3 is 5.11 Å². The number of hydrogen-bond donors (Lipinski definition) is 1. The molecule has 0 aromatic heterocycles. The van der Waals surface area contributed by atoms with E-state index in [2.05, 4.69) is 24.8 Å². The third-order valence-electron chi connectivity index (χ3n) is 3.01. The maximum Gasteiger partial charge on any atom is 0.116 e. The average molecular weight is 226 g/mol. The minimum absolute atomic E-state index is 0.291. The lowest BCUT2D eigenvalue weighted by Gasteiger charge is -2.08. The van der Waals surface area contributed by atoms with E-state index >= 15 is 0 Å².